The highest BCUT2D eigenvalue weighted by molar-refractivity contribution is 6.31. The number of carbonyl (C=O) groups is 1. The van der Waals surface area contributed by atoms with Gasteiger partial charge in [-0.1, -0.05) is 30.5 Å². The molecule has 0 bridgehead atoms. The Labute approximate surface area is 158 Å². The number of halogens is 4. The molecule has 27 heavy (non-hydrogen) atoms. The molecule has 4 nitrogen and oxygen atoms in total. The van der Waals surface area contributed by atoms with E-state index >= 15 is 0 Å². The molecule has 1 heterocycles. The number of nitrogens with zero attached hydrogens (tertiary/aromatic N) is 1. The minimum Gasteiger partial charge on any atom is -0.496 e. The van der Waals surface area contributed by atoms with E-state index in [9.17, 15) is 23.1 Å². The molecule has 0 spiro atoms. The molecule has 0 radical (unpaired) electrons. The van der Waals surface area contributed by atoms with Crippen LogP contribution < -0.4 is 4.74 Å². The highest BCUT2D eigenvalue weighted by atomic mass is 35.5. The van der Waals surface area contributed by atoms with Gasteiger partial charge in [0.2, 0.25) is 0 Å². The van der Waals surface area contributed by atoms with E-state index in [0.717, 1.165) is 31.2 Å². The van der Waals surface area contributed by atoms with Crippen molar-refractivity contribution in [3.8, 4) is 16.9 Å². The van der Waals surface area contributed by atoms with Crippen molar-refractivity contribution in [1.29, 1.82) is 0 Å². The van der Waals surface area contributed by atoms with Crippen molar-refractivity contribution in [3.63, 3.8) is 0 Å². The Hall–Kier alpha value is -2.28. The number of carboxylic acids is 1. The van der Waals surface area contributed by atoms with Crippen LogP contribution in [0.2, 0.25) is 5.02 Å². The number of methoxy groups -OCH3 is 1. The Morgan fingerprint density at radius 2 is 2.11 bits per heavy atom. The van der Waals surface area contributed by atoms with Crippen LogP contribution in [0.15, 0.2) is 24.4 Å². The second kappa shape index (κ2) is 7.76. The average Bonchev–Trinajstić information content (AvgIpc) is 3.45. The van der Waals surface area contributed by atoms with E-state index < -0.39 is 35.3 Å². The molecule has 2 aromatic rings. The van der Waals surface area contributed by atoms with E-state index in [4.69, 9.17) is 16.3 Å². The van der Waals surface area contributed by atoms with Gasteiger partial charge in [0, 0.05) is 29.0 Å². The predicted molar refractivity (Wildman–Crippen MR) is 93.9 cm³/mol. The molecule has 0 aliphatic heterocycles. The molecule has 0 amide bonds. The molecule has 1 saturated carbocycles. The molecular weight excluding hydrogens is 383 g/mol. The van der Waals surface area contributed by atoms with Gasteiger partial charge in [-0.3, -0.25) is 9.78 Å². The summed E-state index contributed by atoms with van der Waals surface area (Å²) in [5, 5.41) is 9.19. The zero-order valence-electron chi connectivity index (χ0n) is 14.4. The van der Waals surface area contributed by atoms with Gasteiger partial charge in [0.25, 0.3) is 6.43 Å². The van der Waals surface area contributed by atoms with Gasteiger partial charge in [-0.05, 0) is 18.4 Å². The van der Waals surface area contributed by atoms with Crippen LogP contribution in [0.5, 0.6) is 5.75 Å². The van der Waals surface area contributed by atoms with Crippen LogP contribution >= 0.6 is 11.6 Å². The summed E-state index contributed by atoms with van der Waals surface area (Å²) in [5.74, 6) is -2.46. The van der Waals surface area contributed by atoms with Gasteiger partial charge in [-0.2, -0.15) is 0 Å². The summed E-state index contributed by atoms with van der Waals surface area (Å²) < 4.78 is 46.5. The Morgan fingerprint density at radius 3 is 2.67 bits per heavy atom. The fourth-order valence-corrected chi connectivity index (χ4v) is 3.21. The third-order valence-corrected chi connectivity index (χ3v) is 4.95. The highest BCUT2D eigenvalue weighted by Crippen LogP contribution is 2.42. The lowest BCUT2D eigenvalue weighted by atomic mass is 9.95. The van der Waals surface area contributed by atoms with E-state index in [1.54, 1.807) is 0 Å². The number of ether oxygens (including phenoxy) is 1. The number of carboxylic acid groups (broad SMARTS) is 1. The molecule has 144 valence electrons. The van der Waals surface area contributed by atoms with Crippen LogP contribution in [-0.2, 0) is 4.79 Å². The van der Waals surface area contributed by atoms with E-state index in [0.29, 0.717) is 12.3 Å². The van der Waals surface area contributed by atoms with Crippen molar-refractivity contribution in [1.82, 2.24) is 4.98 Å². The normalized spacial score (nSPS) is 15.0. The van der Waals surface area contributed by atoms with Gasteiger partial charge < -0.3 is 9.84 Å². The van der Waals surface area contributed by atoms with Crippen molar-refractivity contribution in [3.05, 3.63) is 46.5 Å². The van der Waals surface area contributed by atoms with Crippen molar-refractivity contribution < 1.29 is 27.8 Å². The minimum atomic E-state index is -2.93. The fraction of sp³-hybridized carbons (Fsp3) is 0.368. The maximum Gasteiger partial charge on any atom is 0.312 e. The number of benzene rings is 1. The van der Waals surface area contributed by atoms with Crippen molar-refractivity contribution in [2.45, 2.75) is 31.6 Å². The molecule has 1 aliphatic rings. The summed E-state index contributed by atoms with van der Waals surface area (Å²) in [6.45, 7) is 0. The largest absolute Gasteiger partial charge is 0.496 e. The first-order valence-corrected chi connectivity index (χ1v) is 8.74. The number of pyridine rings is 1. The lowest BCUT2D eigenvalue weighted by Crippen LogP contribution is -2.14. The van der Waals surface area contributed by atoms with E-state index in [2.05, 4.69) is 4.98 Å². The minimum absolute atomic E-state index is 0.00730. The van der Waals surface area contributed by atoms with Crippen LogP contribution in [0.3, 0.4) is 0 Å². The van der Waals surface area contributed by atoms with Crippen LogP contribution in [0.4, 0.5) is 13.2 Å². The highest BCUT2D eigenvalue weighted by Gasteiger charge is 2.32. The standard InChI is InChI=1S/C19H17ClF3NO3/c1-27-15-7-14(11(19(25)26)6-9-2-3-9)24-8-12(15)16-10(18(22)23)4-5-13(20)17(16)21/h4-5,7-9,11,18H,2-3,6H2,1H3,(H,25,26). The van der Waals surface area contributed by atoms with E-state index in [1.807, 2.05) is 0 Å². The molecule has 8 heteroatoms. The zero-order valence-corrected chi connectivity index (χ0v) is 15.1. The van der Waals surface area contributed by atoms with Crippen molar-refractivity contribution >= 4 is 17.6 Å². The first kappa shape index (κ1) is 19.5. The van der Waals surface area contributed by atoms with Gasteiger partial charge >= 0.3 is 5.97 Å². The predicted octanol–water partition coefficient (Wildman–Crippen LogP) is 5.46. The van der Waals surface area contributed by atoms with Gasteiger partial charge in [0.15, 0.2) is 0 Å². The second-order valence-corrected chi connectivity index (χ2v) is 6.91. The molecule has 1 fully saturated rings. The number of hydrogen-bond donors (Lipinski definition) is 1. The maximum absolute atomic E-state index is 14.5. The summed E-state index contributed by atoms with van der Waals surface area (Å²) in [6.07, 6.45) is 0.628. The summed E-state index contributed by atoms with van der Waals surface area (Å²) in [6, 6.07) is 3.48. The quantitative estimate of drug-likeness (QED) is 0.672. The van der Waals surface area contributed by atoms with Crippen molar-refractivity contribution in [2.24, 2.45) is 5.92 Å². The fourth-order valence-electron chi connectivity index (χ4n) is 3.06. The molecule has 1 aromatic carbocycles. The number of alkyl halides is 2. The molecular formula is C19H17ClF3NO3. The van der Waals surface area contributed by atoms with E-state index in [-0.39, 0.29) is 22.0 Å². The topological polar surface area (TPSA) is 59.4 Å². The molecule has 1 unspecified atom stereocenters. The second-order valence-electron chi connectivity index (χ2n) is 6.51. The Bertz CT molecular complexity index is 872. The van der Waals surface area contributed by atoms with Crippen LogP contribution in [0, 0.1) is 11.7 Å². The molecule has 1 N–H and O–H groups in total. The average molecular weight is 400 g/mol. The van der Waals surface area contributed by atoms with Crippen LogP contribution in [0.1, 0.15) is 42.9 Å². The number of aliphatic carboxylic acids is 1. The third kappa shape index (κ3) is 4.03. The summed E-state index contributed by atoms with van der Waals surface area (Å²) in [7, 11) is 1.30. The summed E-state index contributed by atoms with van der Waals surface area (Å²) >= 11 is 5.76. The summed E-state index contributed by atoms with van der Waals surface area (Å²) in [4.78, 5) is 15.7. The molecule has 1 aromatic heterocycles. The van der Waals surface area contributed by atoms with Gasteiger partial charge in [-0.25, -0.2) is 13.2 Å². The molecule has 1 atom stereocenters. The number of rotatable bonds is 7. The first-order valence-electron chi connectivity index (χ1n) is 8.36. The lowest BCUT2D eigenvalue weighted by molar-refractivity contribution is -0.139. The zero-order chi connectivity index (χ0) is 19.7. The number of hydrogen-bond acceptors (Lipinski definition) is 3. The monoisotopic (exact) mass is 399 g/mol. The first-order chi connectivity index (χ1) is 12.8. The van der Waals surface area contributed by atoms with Crippen LogP contribution in [-0.4, -0.2) is 23.2 Å². The third-order valence-electron chi connectivity index (χ3n) is 4.66. The molecule has 3 rings (SSSR count). The van der Waals surface area contributed by atoms with Crippen molar-refractivity contribution in [2.75, 3.05) is 7.11 Å². The Kier molecular flexibility index (Phi) is 5.60. The smallest absolute Gasteiger partial charge is 0.312 e. The van der Waals surface area contributed by atoms with Gasteiger partial charge in [-0.15, -0.1) is 0 Å². The van der Waals surface area contributed by atoms with Gasteiger partial charge in [0.1, 0.15) is 11.6 Å². The SMILES string of the molecule is COc1cc(C(CC2CC2)C(=O)O)ncc1-c1c(C(F)F)ccc(Cl)c1F. The maximum atomic E-state index is 14.5. The summed E-state index contributed by atoms with van der Waals surface area (Å²) in [5.41, 5.74) is -0.705. The Balaban J connectivity index is 2.10. The number of aromatic nitrogens is 1. The Morgan fingerprint density at radius 1 is 1.41 bits per heavy atom. The van der Waals surface area contributed by atoms with E-state index in [1.165, 1.54) is 13.2 Å². The molecule has 0 saturated heterocycles. The van der Waals surface area contributed by atoms with Gasteiger partial charge in [0.05, 0.1) is 23.7 Å². The lowest BCUT2D eigenvalue weighted by Gasteiger charge is -2.17. The molecule has 1 aliphatic carbocycles. The van der Waals surface area contributed by atoms with Crippen LogP contribution in [0.25, 0.3) is 11.1 Å².